The number of nitrogens with one attached hydrogen (secondary N) is 1. The maximum atomic E-state index is 15.0. The van der Waals surface area contributed by atoms with Crippen LogP contribution in [-0.4, -0.2) is 28.2 Å². The van der Waals surface area contributed by atoms with Gasteiger partial charge in [0.15, 0.2) is 5.69 Å². The number of amides is 1. The summed E-state index contributed by atoms with van der Waals surface area (Å²) in [7, 11) is 0. The lowest BCUT2D eigenvalue weighted by Gasteiger charge is -2.27. The SMILES string of the molecule is CCc1nc(C(=O)NCC2CCC(C)CC2)c(Cl)n1-c1ccc(CC(C)(C)C(F)(F)F)cc1F. The smallest absolute Gasteiger partial charge is 0.350 e. The first kappa shape index (κ1) is 26.5. The van der Waals surface area contributed by atoms with E-state index in [0.29, 0.717) is 30.6 Å². The number of alkyl halides is 3. The van der Waals surface area contributed by atoms with Gasteiger partial charge in [0.25, 0.3) is 5.91 Å². The molecule has 3 rings (SSSR count). The second kappa shape index (κ2) is 10.3. The van der Waals surface area contributed by atoms with Crippen molar-refractivity contribution in [2.45, 2.75) is 72.4 Å². The molecule has 1 saturated carbocycles. The molecular weight excluding hydrogens is 470 g/mol. The Morgan fingerprint density at radius 3 is 2.41 bits per heavy atom. The van der Waals surface area contributed by atoms with Crippen molar-refractivity contribution in [3.05, 3.63) is 46.3 Å². The molecule has 0 aliphatic heterocycles. The van der Waals surface area contributed by atoms with E-state index in [1.165, 1.54) is 16.7 Å². The first-order valence-electron chi connectivity index (χ1n) is 11.7. The van der Waals surface area contributed by atoms with Gasteiger partial charge in [0, 0.05) is 13.0 Å². The molecule has 1 aromatic heterocycles. The molecule has 0 bridgehead atoms. The van der Waals surface area contributed by atoms with E-state index in [-0.39, 0.29) is 28.5 Å². The fraction of sp³-hybridized carbons (Fsp3) is 0.600. The van der Waals surface area contributed by atoms with Crippen LogP contribution in [0.3, 0.4) is 0 Å². The van der Waals surface area contributed by atoms with Crippen molar-refractivity contribution >= 4 is 17.5 Å². The van der Waals surface area contributed by atoms with Gasteiger partial charge in [-0.15, -0.1) is 0 Å². The standard InChI is InChI=1S/C25H32ClF4N3O/c1-5-20-32-21(23(34)31-14-16-8-6-15(2)7-9-16)22(26)33(20)19-11-10-17(12-18(19)27)13-24(3,4)25(28,29)30/h10-12,15-16H,5-9,13-14H2,1-4H3,(H,31,34). The van der Waals surface area contributed by atoms with Gasteiger partial charge in [-0.2, -0.15) is 13.2 Å². The van der Waals surface area contributed by atoms with Crippen LogP contribution >= 0.6 is 11.6 Å². The number of benzene rings is 1. The van der Waals surface area contributed by atoms with E-state index in [2.05, 4.69) is 17.2 Å². The van der Waals surface area contributed by atoms with E-state index in [1.807, 2.05) is 0 Å². The van der Waals surface area contributed by atoms with Crippen LogP contribution in [0.4, 0.5) is 17.6 Å². The van der Waals surface area contributed by atoms with E-state index in [4.69, 9.17) is 11.6 Å². The summed E-state index contributed by atoms with van der Waals surface area (Å²) in [6.07, 6.45) is 0.0223. The molecular formula is C25H32ClF4N3O. The summed E-state index contributed by atoms with van der Waals surface area (Å²) in [4.78, 5) is 17.1. The number of hydrogen-bond donors (Lipinski definition) is 1. The van der Waals surface area contributed by atoms with Crippen LogP contribution in [0.2, 0.25) is 5.15 Å². The predicted molar refractivity (Wildman–Crippen MR) is 125 cm³/mol. The Morgan fingerprint density at radius 1 is 1.21 bits per heavy atom. The molecule has 1 aliphatic rings. The lowest BCUT2D eigenvalue weighted by atomic mass is 9.83. The molecule has 0 spiro atoms. The Bertz CT molecular complexity index is 1020. The highest BCUT2D eigenvalue weighted by atomic mass is 35.5. The zero-order valence-electron chi connectivity index (χ0n) is 20.0. The third-order valence-corrected chi connectivity index (χ3v) is 7.12. The number of aromatic nitrogens is 2. The fourth-order valence-electron chi connectivity index (χ4n) is 4.38. The predicted octanol–water partition coefficient (Wildman–Crippen LogP) is 6.91. The summed E-state index contributed by atoms with van der Waals surface area (Å²) in [6, 6.07) is 3.92. The van der Waals surface area contributed by atoms with Gasteiger partial charge in [-0.1, -0.05) is 58.2 Å². The molecule has 1 heterocycles. The molecule has 188 valence electrons. The first-order valence-corrected chi connectivity index (χ1v) is 12.1. The molecule has 0 saturated heterocycles. The maximum Gasteiger partial charge on any atom is 0.394 e. The van der Waals surface area contributed by atoms with Gasteiger partial charge in [0.1, 0.15) is 16.8 Å². The number of carbonyl (C=O) groups is 1. The van der Waals surface area contributed by atoms with Gasteiger partial charge in [-0.3, -0.25) is 9.36 Å². The summed E-state index contributed by atoms with van der Waals surface area (Å²) in [5.74, 6) is 0.375. The second-order valence-electron chi connectivity index (χ2n) is 10.0. The molecule has 1 amide bonds. The number of hydrogen-bond acceptors (Lipinski definition) is 2. The number of aryl methyl sites for hydroxylation is 1. The third kappa shape index (κ3) is 5.75. The van der Waals surface area contributed by atoms with Gasteiger partial charge >= 0.3 is 6.18 Å². The monoisotopic (exact) mass is 501 g/mol. The minimum absolute atomic E-state index is 0.0179. The Morgan fingerprint density at radius 2 is 1.85 bits per heavy atom. The first-order chi connectivity index (χ1) is 15.8. The Labute approximate surface area is 203 Å². The Balaban J connectivity index is 1.81. The third-order valence-electron chi connectivity index (χ3n) is 6.78. The highest BCUT2D eigenvalue weighted by molar-refractivity contribution is 6.32. The van der Waals surface area contributed by atoms with E-state index >= 15 is 4.39 Å². The number of carbonyl (C=O) groups excluding carboxylic acids is 1. The molecule has 0 radical (unpaired) electrons. The van der Waals surface area contributed by atoms with Crippen molar-refractivity contribution in [3.63, 3.8) is 0 Å². The highest BCUT2D eigenvalue weighted by Gasteiger charge is 2.47. The van der Waals surface area contributed by atoms with Crippen molar-refractivity contribution in [1.82, 2.24) is 14.9 Å². The summed E-state index contributed by atoms with van der Waals surface area (Å²) in [5.41, 5.74) is -1.71. The molecule has 9 heteroatoms. The lowest BCUT2D eigenvalue weighted by Crippen LogP contribution is -2.34. The van der Waals surface area contributed by atoms with Crippen LogP contribution in [0.1, 0.15) is 75.3 Å². The number of nitrogens with zero attached hydrogens (tertiary/aromatic N) is 2. The minimum atomic E-state index is -4.41. The molecule has 4 nitrogen and oxygen atoms in total. The Hall–Kier alpha value is -2.09. The molecule has 1 N–H and O–H groups in total. The molecule has 0 atom stereocenters. The highest BCUT2D eigenvalue weighted by Crippen LogP contribution is 2.40. The van der Waals surface area contributed by atoms with Crippen molar-refractivity contribution in [3.8, 4) is 5.69 Å². The Kier molecular flexibility index (Phi) is 8.00. The molecule has 34 heavy (non-hydrogen) atoms. The quantitative estimate of drug-likeness (QED) is 0.419. The average molecular weight is 502 g/mol. The van der Waals surface area contributed by atoms with Crippen molar-refractivity contribution in [2.24, 2.45) is 17.3 Å². The fourth-order valence-corrected chi connectivity index (χ4v) is 4.69. The molecule has 1 aliphatic carbocycles. The van der Waals surface area contributed by atoms with Crippen LogP contribution in [-0.2, 0) is 12.8 Å². The number of rotatable bonds is 7. The zero-order chi connectivity index (χ0) is 25.3. The van der Waals surface area contributed by atoms with Gasteiger partial charge in [0.05, 0.1) is 11.1 Å². The number of halogens is 5. The number of imidazole rings is 1. The lowest BCUT2D eigenvalue weighted by molar-refractivity contribution is -0.211. The van der Waals surface area contributed by atoms with Crippen LogP contribution in [0, 0.1) is 23.1 Å². The molecule has 1 fully saturated rings. The summed E-state index contributed by atoms with van der Waals surface area (Å²) in [5, 5.41) is 2.88. The molecule has 1 aromatic carbocycles. The van der Waals surface area contributed by atoms with Crippen LogP contribution in [0.5, 0.6) is 0 Å². The largest absolute Gasteiger partial charge is 0.394 e. The van der Waals surface area contributed by atoms with E-state index in [0.717, 1.165) is 45.6 Å². The van der Waals surface area contributed by atoms with Crippen molar-refractivity contribution in [2.75, 3.05) is 6.54 Å². The van der Waals surface area contributed by atoms with Gasteiger partial charge < -0.3 is 5.32 Å². The van der Waals surface area contributed by atoms with Crippen molar-refractivity contribution in [1.29, 1.82) is 0 Å². The summed E-state index contributed by atoms with van der Waals surface area (Å²) < 4.78 is 56.1. The normalized spacial score (nSPS) is 19.3. The molecule has 0 unspecified atom stereocenters. The molecule has 2 aromatic rings. The van der Waals surface area contributed by atoms with Crippen molar-refractivity contribution < 1.29 is 22.4 Å². The zero-order valence-corrected chi connectivity index (χ0v) is 20.8. The minimum Gasteiger partial charge on any atom is -0.350 e. The summed E-state index contributed by atoms with van der Waals surface area (Å²) >= 11 is 6.48. The average Bonchev–Trinajstić information content (AvgIpc) is 3.08. The topological polar surface area (TPSA) is 46.9 Å². The van der Waals surface area contributed by atoms with Crippen LogP contribution < -0.4 is 5.32 Å². The second-order valence-corrected chi connectivity index (χ2v) is 10.4. The maximum absolute atomic E-state index is 15.0. The van der Waals surface area contributed by atoms with Crippen LogP contribution in [0.25, 0.3) is 5.69 Å². The van der Waals surface area contributed by atoms with Gasteiger partial charge in [-0.25, -0.2) is 9.37 Å². The van der Waals surface area contributed by atoms with E-state index in [1.54, 1.807) is 6.92 Å². The van der Waals surface area contributed by atoms with Crippen LogP contribution in [0.15, 0.2) is 18.2 Å². The van der Waals surface area contributed by atoms with E-state index < -0.39 is 23.3 Å². The van der Waals surface area contributed by atoms with Gasteiger partial charge in [-0.05, 0) is 48.8 Å². The summed E-state index contributed by atoms with van der Waals surface area (Å²) in [6.45, 7) is 6.74. The van der Waals surface area contributed by atoms with Gasteiger partial charge in [0.2, 0.25) is 0 Å². The van der Waals surface area contributed by atoms with E-state index in [9.17, 15) is 18.0 Å².